The first-order chi connectivity index (χ1) is 14.9. The van der Waals surface area contributed by atoms with Gasteiger partial charge in [-0.2, -0.15) is 0 Å². The van der Waals surface area contributed by atoms with Crippen LogP contribution >= 0.6 is 11.6 Å². The molecule has 0 aliphatic carbocycles. The number of methoxy groups -OCH3 is 1. The van der Waals surface area contributed by atoms with Crippen LogP contribution in [0.5, 0.6) is 11.5 Å². The maximum Gasteiger partial charge on any atom is 0.300 e. The highest BCUT2D eigenvalue weighted by Gasteiger charge is 2.47. The Bertz CT molecular complexity index is 1190. The number of halogens is 1. The fraction of sp³-hybridized carbons (Fsp3) is 0.0833. The van der Waals surface area contributed by atoms with E-state index in [0.717, 1.165) is 0 Å². The molecule has 1 aliphatic heterocycles. The molecule has 0 spiro atoms. The van der Waals surface area contributed by atoms with Gasteiger partial charge in [-0.05, 0) is 54.1 Å². The lowest BCUT2D eigenvalue weighted by Gasteiger charge is -2.25. The summed E-state index contributed by atoms with van der Waals surface area (Å²) in [5.74, 6) is -1.79. The van der Waals surface area contributed by atoms with Crippen LogP contribution in [0.4, 0.5) is 5.69 Å². The summed E-state index contributed by atoms with van der Waals surface area (Å²) in [4.78, 5) is 27.4. The van der Waals surface area contributed by atoms with Crippen molar-refractivity contribution in [2.75, 3.05) is 12.0 Å². The van der Waals surface area contributed by atoms with Gasteiger partial charge in [-0.1, -0.05) is 35.9 Å². The molecule has 156 valence electrons. The number of carbonyl (C=O) groups excluding carboxylic acids is 2. The molecule has 1 saturated heterocycles. The highest BCUT2D eigenvalue weighted by atomic mass is 35.5. The molecule has 1 atom stereocenters. The molecule has 0 radical (unpaired) electrons. The molecule has 0 aromatic heterocycles. The number of aromatic hydroxyl groups is 1. The molecule has 7 heteroatoms. The van der Waals surface area contributed by atoms with E-state index < -0.39 is 17.7 Å². The molecular weight excluding hydrogens is 418 g/mol. The number of hydrogen-bond acceptors (Lipinski definition) is 5. The predicted octanol–water partition coefficient (Wildman–Crippen LogP) is 4.68. The number of aliphatic hydroxyl groups is 1. The molecule has 2 N–H and O–H groups in total. The number of carbonyl (C=O) groups is 2. The van der Waals surface area contributed by atoms with Crippen molar-refractivity contribution >= 4 is 34.7 Å². The highest BCUT2D eigenvalue weighted by molar-refractivity contribution is 6.51. The Labute approximate surface area is 183 Å². The Morgan fingerprint density at radius 1 is 1.00 bits per heavy atom. The van der Waals surface area contributed by atoms with E-state index in [1.807, 2.05) is 0 Å². The SMILES string of the molecule is COc1cc([C@@H]2C(=C(O)c3ccc(Cl)cc3)C(=O)C(=O)N2c2ccccc2)ccc1O. The summed E-state index contributed by atoms with van der Waals surface area (Å²) in [6.07, 6.45) is 0. The van der Waals surface area contributed by atoms with Crippen molar-refractivity contribution in [3.63, 3.8) is 0 Å². The Hall–Kier alpha value is -3.77. The molecule has 4 rings (SSSR count). The van der Waals surface area contributed by atoms with Crippen LogP contribution < -0.4 is 9.64 Å². The van der Waals surface area contributed by atoms with Gasteiger partial charge in [0.05, 0.1) is 18.7 Å². The van der Waals surface area contributed by atoms with Gasteiger partial charge in [0.25, 0.3) is 11.7 Å². The van der Waals surface area contributed by atoms with Crippen LogP contribution in [0.25, 0.3) is 5.76 Å². The van der Waals surface area contributed by atoms with Gasteiger partial charge < -0.3 is 14.9 Å². The summed E-state index contributed by atoms with van der Waals surface area (Å²) in [6.45, 7) is 0. The molecule has 0 saturated carbocycles. The Morgan fingerprint density at radius 3 is 2.32 bits per heavy atom. The summed E-state index contributed by atoms with van der Waals surface area (Å²) in [5.41, 5.74) is 1.28. The Morgan fingerprint density at radius 2 is 1.68 bits per heavy atom. The number of rotatable bonds is 4. The molecule has 0 bridgehead atoms. The van der Waals surface area contributed by atoms with E-state index in [1.54, 1.807) is 60.7 Å². The number of para-hydroxylation sites is 1. The van der Waals surface area contributed by atoms with E-state index in [4.69, 9.17) is 16.3 Å². The maximum atomic E-state index is 13.1. The second kappa shape index (κ2) is 8.16. The fourth-order valence-corrected chi connectivity index (χ4v) is 3.76. The molecule has 1 heterocycles. The minimum Gasteiger partial charge on any atom is -0.507 e. The van der Waals surface area contributed by atoms with Crippen molar-refractivity contribution in [1.29, 1.82) is 0 Å². The summed E-state index contributed by atoms with van der Waals surface area (Å²) in [6, 6.07) is 18.6. The number of amides is 1. The molecule has 3 aromatic rings. The fourth-order valence-electron chi connectivity index (χ4n) is 3.63. The molecule has 1 amide bonds. The molecule has 1 fully saturated rings. The number of phenolic OH excluding ortho intramolecular Hbond substituents is 1. The van der Waals surface area contributed by atoms with E-state index >= 15 is 0 Å². The third-order valence-electron chi connectivity index (χ3n) is 5.12. The van der Waals surface area contributed by atoms with Crippen LogP contribution in [0.1, 0.15) is 17.2 Å². The first-order valence-corrected chi connectivity index (χ1v) is 9.79. The van der Waals surface area contributed by atoms with Crippen LogP contribution in [-0.2, 0) is 9.59 Å². The number of anilines is 1. The number of hydrogen-bond donors (Lipinski definition) is 2. The average Bonchev–Trinajstić information content (AvgIpc) is 3.05. The van der Waals surface area contributed by atoms with Crippen LogP contribution in [0.3, 0.4) is 0 Å². The van der Waals surface area contributed by atoms with Crippen molar-refractivity contribution in [3.8, 4) is 11.5 Å². The van der Waals surface area contributed by atoms with Gasteiger partial charge in [0, 0.05) is 16.3 Å². The van der Waals surface area contributed by atoms with E-state index in [1.165, 1.54) is 24.1 Å². The summed E-state index contributed by atoms with van der Waals surface area (Å²) < 4.78 is 5.20. The number of benzene rings is 3. The van der Waals surface area contributed by atoms with Crippen molar-refractivity contribution < 1.29 is 24.5 Å². The van der Waals surface area contributed by atoms with Crippen LogP contribution in [0.2, 0.25) is 5.02 Å². The van der Waals surface area contributed by atoms with Gasteiger partial charge in [-0.25, -0.2) is 0 Å². The minimum absolute atomic E-state index is 0.0658. The quantitative estimate of drug-likeness (QED) is 0.353. The summed E-state index contributed by atoms with van der Waals surface area (Å²) in [5, 5.41) is 21.5. The monoisotopic (exact) mass is 435 g/mol. The van der Waals surface area contributed by atoms with Gasteiger partial charge in [-0.15, -0.1) is 0 Å². The van der Waals surface area contributed by atoms with Gasteiger partial charge in [0.15, 0.2) is 11.5 Å². The second-order valence-corrected chi connectivity index (χ2v) is 7.38. The lowest BCUT2D eigenvalue weighted by Crippen LogP contribution is -2.29. The topological polar surface area (TPSA) is 87.1 Å². The van der Waals surface area contributed by atoms with Gasteiger partial charge in [-0.3, -0.25) is 14.5 Å². The average molecular weight is 436 g/mol. The molecule has 3 aromatic carbocycles. The Kier molecular flexibility index (Phi) is 5.40. The smallest absolute Gasteiger partial charge is 0.300 e. The zero-order chi connectivity index (χ0) is 22.1. The number of phenols is 1. The molecule has 0 unspecified atom stereocenters. The van der Waals surface area contributed by atoms with E-state index in [9.17, 15) is 19.8 Å². The van der Waals surface area contributed by atoms with Gasteiger partial charge in [0.2, 0.25) is 0 Å². The van der Waals surface area contributed by atoms with Crippen LogP contribution in [0.15, 0.2) is 78.4 Å². The molecular formula is C24H18ClNO5. The van der Waals surface area contributed by atoms with Crippen molar-refractivity contribution in [2.24, 2.45) is 0 Å². The Balaban J connectivity index is 1.96. The number of aliphatic hydroxyl groups excluding tert-OH is 1. The normalized spacial score (nSPS) is 17.7. The number of nitrogens with zero attached hydrogens (tertiary/aromatic N) is 1. The maximum absolute atomic E-state index is 13.1. The van der Waals surface area contributed by atoms with E-state index in [2.05, 4.69) is 0 Å². The van der Waals surface area contributed by atoms with Crippen molar-refractivity contribution in [3.05, 3.63) is 94.5 Å². The summed E-state index contributed by atoms with van der Waals surface area (Å²) in [7, 11) is 1.40. The standard InChI is InChI=1S/C24H18ClNO5/c1-31-19-13-15(9-12-18(19)27)21-20(22(28)14-7-10-16(25)11-8-14)23(29)24(30)26(21)17-5-3-2-4-6-17/h2-13,21,27-28H,1H3/t21-/m1/s1. The second-order valence-electron chi connectivity index (χ2n) is 6.94. The third kappa shape index (κ3) is 3.62. The van der Waals surface area contributed by atoms with E-state index in [-0.39, 0.29) is 22.8 Å². The first-order valence-electron chi connectivity index (χ1n) is 9.41. The number of ketones is 1. The molecule has 31 heavy (non-hydrogen) atoms. The number of ether oxygens (including phenoxy) is 1. The zero-order valence-corrected chi connectivity index (χ0v) is 17.2. The zero-order valence-electron chi connectivity index (χ0n) is 16.4. The summed E-state index contributed by atoms with van der Waals surface area (Å²) >= 11 is 5.94. The largest absolute Gasteiger partial charge is 0.507 e. The van der Waals surface area contributed by atoms with Crippen molar-refractivity contribution in [1.82, 2.24) is 0 Å². The van der Waals surface area contributed by atoms with Crippen LogP contribution in [0, 0.1) is 0 Å². The lowest BCUT2D eigenvalue weighted by molar-refractivity contribution is -0.132. The molecule has 6 nitrogen and oxygen atoms in total. The van der Waals surface area contributed by atoms with Crippen molar-refractivity contribution in [2.45, 2.75) is 6.04 Å². The predicted molar refractivity (Wildman–Crippen MR) is 117 cm³/mol. The van der Waals surface area contributed by atoms with Gasteiger partial charge >= 0.3 is 0 Å². The van der Waals surface area contributed by atoms with Gasteiger partial charge in [0.1, 0.15) is 5.76 Å². The third-order valence-corrected chi connectivity index (χ3v) is 5.37. The lowest BCUT2D eigenvalue weighted by atomic mass is 9.95. The highest BCUT2D eigenvalue weighted by Crippen LogP contribution is 2.43. The van der Waals surface area contributed by atoms with E-state index in [0.29, 0.717) is 21.8 Å². The first kappa shape index (κ1) is 20.5. The van der Waals surface area contributed by atoms with Crippen LogP contribution in [-0.4, -0.2) is 29.0 Å². The number of Topliss-reactive ketones (excluding diaryl/α,β-unsaturated/α-hetero) is 1. The molecule has 1 aliphatic rings. The minimum atomic E-state index is -0.924.